The van der Waals surface area contributed by atoms with Gasteiger partial charge in [0.15, 0.2) is 0 Å². The molecule has 1 aliphatic heterocycles. The lowest BCUT2D eigenvalue weighted by molar-refractivity contribution is -0.133. The Labute approximate surface area is 157 Å². The van der Waals surface area contributed by atoms with Crippen LogP contribution in [0.25, 0.3) is 11.0 Å². The van der Waals surface area contributed by atoms with Crippen molar-refractivity contribution < 1.29 is 4.79 Å². The molecule has 0 saturated carbocycles. The predicted octanol–water partition coefficient (Wildman–Crippen LogP) is 1.74. The SMILES string of the molecule is O=C(Cn1c(=O)cnc2ccccc21)N1CCN(Cc2ccccc2)CC1. The Bertz CT molecular complexity index is 992. The molecule has 1 fully saturated rings. The number of aromatic nitrogens is 2. The summed E-state index contributed by atoms with van der Waals surface area (Å²) in [5.74, 6) is -0.0205. The Kier molecular flexibility index (Phi) is 4.98. The van der Waals surface area contributed by atoms with Crippen LogP contribution in [0.5, 0.6) is 0 Å². The number of para-hydroxylation sites is 2. The maximum absolute atomic E-state index is 12.8. The predicted molar refractivity (Wildman–Crippen MR) is 104 cm³/mol. The minimum Gasteiger partial charge on any atom is -0.339 e. The van der Waals surface area contributed by atoms with E-state index in [2.05, 4.69) is 22.0 Å². The van der Waals surface area contributed by atoms with Crippen LogP contribution in [0.3, 0.4) is 0 Å². The second-order valence-electron chi connectivity index (χ2n) is 6.81. The van der Waals surface area contributed by atoms with E-state index in [0.29, 0.717) is 18.6 Å². The summed E-state index contributed by atoms with van der Waals surface area (Å²) < 4.78 is 1.51. The molecule has 1 aliphatic rings. The van der Waals surface area contributed by atoms with Gasteiger partial charge in [0.25, 0.3) is 5.56 Å². The average molecular weight is 362 g/mol. The van der Waals surface area contributed by atoms with Gasteiger partial charge in [0, 0.05) is 32.7 Å². The number of nitrogens with zero attached hydrogens (tertiary/aromatic N) is 4. The molecule has 2 aromatic carbocycles. The highest BCUT2D eigenvalue weighted by molar-refractivity contribution is 5.80. The van der Waals surface area contributed by atoms with Crippen molar-refractivity contribution in [3.05, 3.63) is 76.7 Å². The number of rotatable bonds is 4. The van der Waals surface area contributed by atoms with Crippen molar-refractivity contribution >= 4 is 16.9 Å². The number of fused-ring (bicyclic) bond motifs is 1. The second-order valence-corrected chi connectivity index (χ2v) is 6.81. The van der Waals surface area contributed by atoms with Crippen LogP contribution in [-0.2, 0) is 17.9 Å². The number of hydrogen-bond acceptors (Lipinski definition) is 4. The first-order valence-corrected chi connectivity index (χ1v) is 9.19. The van der Waals surface area contributed by atoms with E-state index in [1.807, 2.05) is 47.4 Å². The molecule has 4 rings (SSSR count). The van der Waals surface area contributed by atoms with Crippen molar-refractivity contribution in [2.45, 2.75) is 13.1 Å². The number of benzene rings is 2. The van der Waals surface area contributed by atoms with E-state index in [0.717, 1.165) is 25.2 Å². The Morgan fingerprint density at radius 2 is 1.63 bits per heavy atom. The van der Waals surface area contributed by atoms with Crippen LogP contribution in [0, 0.1) is 0 Å². The molecule has 0 aliphatic carbocycles. The zero-order chi connectivity index (χ0) is 18.6. The average Bonchev–Trinajstić information content (AvgIpc) is 2.71. The molecule has 1 saturated heterocycles. The number of carbonyl (C=O) groups is 1. The molecular weight excluding hydrogens is 340 g/mol. The van der Waals surface area contributed by atoms with Crippen molar-refractivity contribution in [2.24, 2.45) is 0 Å². The molecule has 0 N–H and O–H groups in total. The van der Waals surface area contributed by atoms with Gasteiger partial charge in [0.1, 0.15) is 6.54 Å². The molecule has 6 heteroatoms. The maximum Gasteiger partial charge on any atom is 0.269 e. The molecule has 27 heavy (non-hydrogen) atoms. The van der Waals surface area contributed by atoms with E-state index >= 15 is 0 Å². The molecule has 1 amide bonds. The monoisotopic (exact) mass is 362 g/mol. The highest BCUT2D eigenvalue weighted by atomic mass is 16.2. The first-order chi connectivity index (χ1) is 13.2. The van der Waals surface area contributed by atoms with Crippen LogP contribution in [0.15, 0.2) is 65.6 Å². The molecule has 1 aromatic heterocycles. The topological polar surface area (TPSA) is 58.4 Å². The van der Waals surface area contributed by atoms with Crippen LogP contribution in [-0.4, -0.2) is 51.4 Å². The summed E-state index contributed by atoms with van der Waals surface area (Å²) >= 11 is 0. The third kappa shape index (κ3) is 3.90. The molecule has 0 atom stereocenters. The van der Waals surface area contributed by atoms with Crippen molar-refractivity contribution in [2.75, 3.05) is 26.2 Å². The fourth-order valence-electron chi connectivity index (χ4n) is 3.51. The smallest absolute Gasteiger partial charge is 0.269 e. The van der Waals surface area contributed by atoms with Crippen LogP contribution in [0.2, 0.25) is 0 Å². The fraction of sp³-hybridized carbons (Fsp3) is 0.286. The molecule has 2 heterocycles. The van der Waals surface area contributed by atoms with E-state index in [4.69, 9.17) is 0 Å². The number of carbonyl (C=O) groups excluding carboxylic acids is 1. The molecule has 0 bridgehead atoms. The van der Waals surface area contributed by atoms with Gasteiger partial charge in [-0.2, -0.15) is 0 Å². The van der Waals surface area contributed by atoms with Crippen molar-refractivity contribution in [3.8, 4) is 0 Å². The first kappa shape index (κ1) is 17.4. The molecule has 0 radical (unpaired) electrons. The van der Waals surface area contributed by atoms with E-state index < -0.39 is 0 Å². The molecular formula is C21H22N4O2. The van der Waals surface area contributed by atoms with Gasteiger partial charge < -0.3 is 4.90 Å². The van der Waals surface area contributed by atoms with Crippen LogP contribution >= 0.6 is 0 Å². The zero-order valence-corrected chi connectivity index (χ0v) is 15.1. The standard InChI is InChI=1S/C21H22N4O2/c26-20-14-22-18-8-4-5-9-19(18)25(20)16-21(27)24-12-10-23(11-13-24)15-17-6-2-1-3-7-17/h1-9,14H,10-13,15-16H2. The summed E-state index contributed by atoms with van der Waals surface area (Å²) in [4.78, 5) is 33.3. The highest BCUT2D eigenvalue weighted by Crippen LogP contribution is 2.11. The summed E-state index contributed by atoms with van der Waals surface area (Å²) in [5.41, 5.74) is 2.45. The third-order valence-electron chi connectivity index (χ3n) is 5.02. The second kappa shape index (κ2) is 7.72. The lowest BCUT2D eigenvalue weighted by Crippen LogP contribution is -2.49. The van der Waals surface area contributed by atoms with Gasteiger partial charge in [0.2, 0.25) is 5.91 Å². The maximum atomic E-state index is 12.8. The van der Waals surface area contributed by atoms with Crippen molar-refractivity contribution in [1.29, 1.82) is 0 Å². The molecule has 0 unspecified atom stereocenters. The summed E-state index contributed by atoms with van der Waals surface area (Å²) in [6.45, 7) is 4.00. The van der Waals surface area contributed by atoms with Crippen molar-refractivity contribution in [3.63, 3.8) is 0 Å². The lowest BCUT2D eigenvalue weighted by Gasteiger charge is -2.35. The Hall–Kier alpha value is -2.99. The van der Waals surface area contributed by atoms with E-state index in [9.17, 15) is 9.59 Å². The lowest BCUT2D eigenvalue weighted by atomic mass is 10.2. The molecule has 138 valence electrons. The summed E-state index contributed by atoms with van der Waals surface area (Å²) in [5, 5.41) is 0. The van der Waals surface area contributed by atoms with E-state index in [1.54, 1.807) is 0 Å². The van der Waals surface area contributed by atoms with Gasteiger partial charge in [-0.3, -0.25) is 19.1 Å². The van der Waals surface area contributed by atoms with Crippen LogP contribution in [0.1, 0.15) is 5.56 Å². The molecule has 3 aromatic rings. The van der Waals surface area contributed by atoms with Crippen LogP contribution in [0.4, 0.5) is 0 Å². The van der Waals surface area contributed by atoms with Gasteiger partial charge in [-0.05, 0) is 17.7 Å². The van der Waals surface area contributed by atoms with Gasteiger partial charge in [-0.25, -0.2) is 4.98 Å². The quantitative estimate of drug-likeness (QED) is 0.709. The highest BCUT2D eigenvalue weighted by Gasteiger charge is 2.22. The normalized spacial score (nSPS) is 15.2. The van der Waals surface area contributed by atoms with Gasteiger partial charge >= 0.3 is 0 Å². The van der Waals surface area contributed by atoms with Gasteiger partial charge in [-0.1, -0.05) is 42.5 Å². The van der Waals surface area contributed by atoms with E-state index in [-0.39, 0.29) is 18.0 Å². The zero-order valence-electron chi connectivity index (χ0n) is 15.1. The number of amides is 1. The number of piperazine rings is 1. The minimum absolute atomic E-state index is 0.0205. The molecule has 6 nitrogen and oxygen atoms in total. The molecule has 0 spiro atoms. The largest absolute Gasteiger partial charge is 0.339 e. The first-order valence-electron chi connectivity index (χ1n) is 9.19. The summed E-state index contributed by atoms with van der Waals surface area (Å²) in [6, 6.07) is 17.8. The Morgan fingerprint density at radius 3 is 2.41 bits per heavy atom. The van der Waals surface area contributed by atoms with Gasteiger partial charge in [0.05, 0.1) is 17.2 Å². The Morgan fingerprint density at radius 1 is 0.926 bits per heavy atom. The summed E-state index contributed by atoms with van der Waals surface area (Å²) in [6.07, 6.45) is 1.29. The van der Waals surface area contributed by atoms with E-state index in [1.165, 1.54) is 16.3 Å². The van der Waals surface area contributed by atoms with Gasteiger partial charge in [-0.15, -0.1) is 0 Å². The van der Waals surface area contributed by atoms with Crippen LogP contribution < -0.4 is 5.56 Å². The summed E-state index contributed by atoms with van der Waals surface area (Å²) in [7, 11) is 0. The minimum atomic E-state index is -0.246. The third-order valence-corrected chi connectivity index (χ3v) is 5.02. The van der Waals surface area contributed by atoms with Crippen molar-refractivity contribution in [1.82, 2.24) is 19.4 Å². The fourth-order valence-corrected chi connectivity index (χ4v) is 3.51. The number of hydrogen-bond donors (Lipinski definition) is 0. The Balaban J connectivity index is 1.40.